The normalized spacial score (nSPS) is 19.9. The van der Waals surface area contributed by atoms with Crippen LogP contribution in [0.5, 0.6) is 11.5 Å². The standard InChI is InChI=1S/C15H20I2N2O3/c1-9(16)19-7-3-4-10(19)8-18-15(21)13-12(22-2)6-5-11(17)14(13)20/h5-6,9-10,20H,3-4,7-8H2,1-2H3,(H,18,21). The van der Waals surface area contributed by atoms with Crippen molar-refractivity contribution in [2.24, 2.45) is 0 Å². The van der Waals surface area contributed by atoms with Crippen molar-refractivity contribution in [1.29, 1.82) is 0 Å². The van der Waals surface area contributed by atoms with Crippen molar-refractivity contribution in [2.75, 3.05) is 20.2 Å². The predicted molar refractivity (Wildman–Crippen MR) is 103 cm³/mol. The van der Waals surface area contributed by atoms with Crippen LogP contribution >= 0.6 is 45.2 Å². The van der Waals surface area contributed by atoms with Gasteiger partial charge < -0.3 is 15.2 Å². The van der Waals surface area contributed by atoms with E-state index in [-0.39, 0.29) is 17.2 Å². The van der Waals surface area contributed by atoms with Crippen LogP contribution in [-0.2, 0) is 0 Å². The van der Waals surface area contributed by atoms with Crippen LogP contribution in [0.3, 0.4) is 0 Å². The van der Waals surface area contributed by atoms with Gasteiger partial charge in [0.15, 0.2) is 0 Å². The molecule has 0 saturated carbocycles. The molecule has 1 aromatic carbocycles. The first-order valence-corrected chi connectivity index (χ1v) is 9.51. The number of nitrogens with zero attached hydrogens (tertiary/aromatic N) is 1. The highest BCUT2D eigenvalue weighted by atomic mass is 127. The van der Waals surface area contributed by atoms with Crippen LogP contribution in [0.2, 0.25) is 0 Å². The van der Waals surface area contributed by atoms with Crippen molar-refractivity contribution in [3.05, 3.63) is 21.3 Å². The molecule has 0 aliphatic carbocycles. The van der Waals surface area contributed by atoms with Crippen LogP contribution in [0.4, 0.5) is 0 Å². The number of benzene rings is 1. The van der Waals surface area contributed by atoms with Gasteiger partial charge in [-0.3, -0.25) is 9.69 Å². The second-order valence-corrected chi connectivity index (χ2v) is 8.26. The van der Waals surface area contributed by atoms with Crippen molar-refractivity contribution >= 4 is 51.1 Å². The maximum atomic E-state index is 12.5. The maximum Gasteiger partial charge on any atom is 0.258 e. The highest BCUT2D eigenvalue weighted by Gasteiger charge is 2.28. The number of methoxy groups -OCH3 is 1. The number of rotatable bonds is 5. The number of carbonyl (C=O) groups is 1. The molecule has 0 spiro atoms. The summed E-state index contributed by atoms with van der Waals surface area (Å²) in [5, 5.41) is 13.1. The maximum absolute atomic E-state index is 12.5. The lowest BCUT2D eigenvalue weighted by Gasteiger charge is -2.27. The van der Waals surface area contributed by atoms with Crippen molar-refractivity contribution in [2.45, 2.75) is 29.9 Å². The number of nitrogens with one attached hydrogen (secondary N) is 1. The molecule has 2 unspecified atom stereocenters. The minimum atomic E-state index is -0.291. The number of likely N-dealkylation sites (tertiary alicyclic amines) is 1. The van der Waals surface area contributed by atoms with E-state index in [4.69, 9.17) is 4.74 Å². The first-order chi connectivity index (χ1) is 10.5. The van der Waals surface area contributed by atoms with E-state index in [1.54, 1.807) is 12.1 Å². The van der Waals surface area contributed by atoms with Crippen molar-refractivity contribution in [1.82, 2.24) is 10.2 Å². The highest BCUT2D eigenvalue weighted by Crippen LogP contribution is 2.32. The van der Waals surface area contributed by atoms with Crippen LogP contribution < -0.4 is 10.1 Å². The molecule has 0 aromatic heterocycles. The van der Waals surface area contributed by atoms with Gasteiger partial charge in [-0.15, -0.1) is 0 Å². The summed E-state index contributed by atoms with van der Waals surface area (Å²) in [6.45, 7) is 3.82. The lowest BCUT2D eigenvalue weighted by atomic mass is 10.1. The van der Waals surface area contributed by atoms with Crippen LogP contribution in [0.15, 0.2) is 12.1 Å². The van der Waals surface area contributed by atoms with Crippen molar-refractivity contribution in [3.8, 4) is 11.5 Å². The smallest absolute Gasteiger partial charge is 0.258 e. The number of hydrogen-bond donors (Lipinski definition) is 2. The Labute approximate surface area is 158 Å². The lowest BCUT2D eigenvalue weighted by Crippen LogP contribution is -2.42. The molecule has 22 heavy (non-hydrogen) atoms. The second-order valence-electron chi connectivity index (χ2n) is 5.29. The number of carbonyl (C=O) groups excluding carboxylic acids is 1. The highest BCUT2D eigenvalue weighted by molar-refractivity contribution is 14.1. The van der Waals surface area contributed by atoms with Crippen molar-refractivity contribution in [3.63, 3.8) is 0 Å². The summed E-state index contributed by atoms with van der Waals surface area (Å²) >= 11 is 4.40. The third kappa shape index (κ3) is 3.97. The summed E-state index contributed by atoms with van der Waals surface area (Å²) in [4.78, 5) is 14.9. The zero-order valence-corrected chi connectivity index (χ0v) is 16.9. The van der Waals surface area contributed by atoms with Gasteiger partial charge in [0.05, 0.1) is 14.7 Å². The SMILES string of the molecule is COc1ccc(I)c(O)c1C(=O)NCC1CCCN1C(C)I. The van der Waals surface area contributed by atoms with Crippen molar-refractivity contribution < 1.29 is 14.6 Å². The fraction of sp³-hybridized carbons (Fsp3) is 0.533. The van der Waals surface area contributed by atoms with E-state index in [1.807, 2.05) is 22.6 Å². The third-order valence-corrected chi connectivity index (χ3v) is 5.50. The van der Waals surface area contributed by atoms with E-state index in [0.29, 0.717) is 26.0 Å². The summed E-state index contributed by atoms with van der Waals surface area (Å²) < 4.78 is 6.28. The molecule has 2 N–H and O–H groups in total. The zero-order chi connectivity index (χ0) is 16.3. The molecule has 0 radical (unpaired) electrons. The number of phenols is 1. The van der Waals surface area contributed by atoms with Crippen LogP contribution in [0.1, 0.15) is 30.1 Å². The zero-order valence-electron chi connectivity index (χ0n) is 12.6. The van der Waals surface area contributed by atoms with E-state index < -0.39 is 0 Å². The quantitative estimate of drug-likeness (QED) is 0.350. The molecule has 5 nitrogen and oxygen atoms in total. The monoisotopic (exact) mass is 530 g/mol. The number of halogens is 2. The Hall–Kier alpha value is -0.290. The molecule has 2 rings (SSSR count). The molecule has 7 heteroatoms. The number of amides is 1. The molecular formula is C15H20I2N2O3. The Kier molecular flexibility index (Phi) is 6.57. The Morgan fingerprint density at radius 1 is 1.59 bits per heavy atom. The summed E-state index contributed by atoms with van der Waals surface area (Å²) in [7, 11) is 1.49. The third-order valence-electron chi connectivity index (χ3n) is 3.92. The summed E-state index contributed by atoms with van der Waals surface area (Å²) in [5.41, 5.74) is 0.210. The first-order valence-electron chi connectivity index (χ1n) is 7.19. The second kappa shape index (κ2) is 8.00. The molecule has 1 amide bonds. The van der Waals surface area contributed by atoms with Gasteiger partial charge in [0, 0.05) is 12.6 Å². The van der Waals surface area contributed by atoms with Gasteiger partial charge in [-0.05, 0) is 61.0 Å². The topological polar surface area (TPSA) is 61.8 Å². The molecule has 2 atom stereocenters. The van der Waals surface area contributed by atoms with Gasteiger partial charge in [0.25, 0.3) is 5.91 Å². The van der Waals surface area contributed by atoms with Gasteiger partial charge in [0.2, 0.25) is 0 Å². The number of phenolic OH excluding ortho intramolecular Hbond substituents is 1. The Morgan fingerprint density at radius 2 is 2.32 bits per heavy atom. The molecule has 1 saturated heterocycles. The minimum Gasteiger partial charge on any atom is -0.506 e. The van der Waals surface area contributed by atoms with Gasteiger partial charge in [-0.25, -0.2) is 0 Å². The van der Waals surface area contributed by atoms with E-state index in [2.05, 4.69) is 39.7 Å². The number of hydrogen-bond acceptors (Lipinski definition) is 4. The Morgan fingerprint density at radius 3 is 2.95 bits per heavy atom. The number of ether oxygens (including phenoxy) is 1. The minimum absolute atomic E-state index is 0.0250. The molecule has 1 fully saturated rings. The van der Waals surface area contributed by atoms with Gasteiger partial charge >= 0.3 is 0 Å². The predicted octanol–water partition coefficient (Wildman–Crippen LogP) is 2.98. The van der Waals surface area contributed by atoms with Crippen LogP contribution in [0, 0.1) is 3.57 Å². The van der Waals surface area contributed by atoms with Gasteiger partial charge in [0.1, 0.15) is 17.1 Å². The Bertz CT molecular complexity index is 552. The van der Waals surface area contributed by atoms with E-state index >= 15 is 0 Å². The average Bonchev–Trinajstić information content (AvgIpc) is 2.96. The van der Waals surface area contributed by atoms with E-state index in [0.717, 1.165) is 19.4 Å². The summed E-state index contributed by atoms with van der Waals surface area (Å²) in [6, 6.07) is 3.78. The molecular weight excluding hydrogens is 510 g/mol. The molecule has 0 bridgehead atoms. The van der Waals surface area contributed by atoms with Crippen LogP contribution in [0.25, 0.3) is 0 Å². The molecule has 122 valence electrons. The van der Waals surface area contributed by atoms with E-state index in [1.165, 1.54) is 7.11 Å². The molecule has 1 aromatic rings. The summed E-state index contributed by atoms with van der Waals surface area (Å²) in [6.07, 6.45) is 2.24. The number of alkyl halides is 1. The number of aromatic hydroxyl groups is 1. The lowest BCUT2D eigenvalue weighted by molar-refractivity contribution is 0.0934. The average molecular weight is 530 g/mol. The Balaban J connectivity index is 2.08. The largest absolute Gasteiger partial charge is 0.506 e. The van der Waals surface area contributed by atoms with Gasteiger partial charge in [-0.2, -0.15) is 0 Å². The van der Waals surface area contributed by atoms with Gasteiger partial charge in [-0.1, -0.05) is 22.6 Å². The molecule has 1 aliphatic heterocycles. The fourth-order valence-electron chi connectivity index (χ4n) is 2.78. The summed E-state index contributed by atoms with van der Waals surface area (Å²) in [5.74, 6) is 0.0739. The molecule has 1 heterocycles. The van der Waals surface area contributed by atoms with Crippen LogP contribution in [-0.4, -0.2) is 46.2 Å². The fourth-order valence-corrected chi connectivity index (χ4v) is 3.96. The first kappa shape index (κ1) is 18.1. The molecule has 1 aliphatic rings. The van der Waals surface area contributed by atoms with E-state index in [9.17, 15) is 9.90 Å².